The van der Waals surface area contributed by atoms with Gasteiger partial charge in [-0.25, -0.2) is 24.8 Å². The fraction of sp³-hybridized carbons (Fsp3) is 0.600. The van der Waals surface area contributed by atoms with E-state index in [0.717, 1.165) is 12.2 Å². The molecule has 0 aliphatic carbocycles. The largest absolute Gasteiger partial charge is 0.248 e. The Bertz CT molecular complexity index is 98.1. The molecular formula is C5H9FN2O2. The Kier molecular flexibility index (Phi) is 40.1. The SMILES string of the molecule is CC(C)F.N=C=O.N=C=O. The normalized spacial score (nSPS) is 5.20. The molecule has 0 heterocycles. The van der Waals surface area contributed by atoms with Crippen LogP contribution in [-0.2, 0) is 9.59 Å². The van der Waals surface area contributed by atoms with Crippen molar-refractivity contribution in [1.82, 2.24) is 0 Å². The minimum Gasteiger partial charge on any atom is -0.248 e. The number of hydrogen-bond donors (Lipinski definition) is 2. The monoisotopic (exact) mass is 148 g/mol. The first-order chi connectivity index (χ1) is 4.56. The molecule has 0 aliphatic rings. The van der Waals surface area contributed by atoms with Crippen molar-refractivity contribution in [2.24, 2.45) is 0 Å². The first-order valence-corrected chi connectivity index (χ1v) is 2.28. The van der Waals surface area contributed by atoms with Gasteiger partial charge in [0.15, 0.2) is 0 Å². The third kappa shape index (κ3) is 126. The molecule has 0 aromatic carbocycles. The molecule has 0 amide bonds. The molecule has 4 nitrogen and oxygen atoms in total. The lowest BCUT2D eigenvalue weighted by Gasteiger charge is -1.74. The highest BCUT2D eigenvalue weighted by atomic mass is 19.1. The zero-order valence-corrected chi connectivity index (χ0v) is 5.77. The van der Waals surface area contributed by atoms with Crippen molar-refractivity contribution in [2.45, 2.75) is 20.0 Å². The van der Waals surface area contributed by atoms with Crippen LogP contribution >= 0.6 is 0 Å². The summed E-state index contributed by atoms with van der Waals surface area (Å²) in [5.74, 6) is 0. The Morgan fingerprint density at radius 1 is 1.20 bits per heavy atom. The number of isocyanates is 2. The van der Waals surface area contributed by atoms with Gasteiger partial charge in [-0.05, 0) is 13.8 Å². The molecule has 0 aliphatic heterocycles. The van der Waals surface area contributed by atoms with Crippen LogP contribution in [0.5, 0.6) is 0 Å². The molecule has 0 fully saturated rings. The summed E-state index contributed by atoms with van der Waals surface area (Å²) in [5, 5.41) is 10.8. The number of hydrogen-bond acceptors (Lipinski definition) is 4. The minimum absolute atomic E-state index is 0.667. The Morgan fingerprint density at radius 3 is 1.20 bits per heavy atom. The zero-order chi connectivity index (χ0) is 8.99. The van der Waals surface area contributed by atoms with Crippen LogP contribution in [0.1, 0.15) is 13.8 Å². The summed E-state index contributed by atoms with van der Waals surface area (Å²) in [5.41, 5.74) is 0. The lowest BCUT2D eigenvalue weighted by molar-refractivity contribution is 0.391. The molecule has 5 heteroatoms. The van der Waals surface area contributed by atoms with Gasteiger partial charge in [0.2, 0.25) is 12.2 Å². The lowest BCUT2D eigenvalue weighted by Crippen LogP contribution is -1.73. The van der Waals surface area contributed by atoms with Crippen molar-refractivity contribution in [3.05, 3.63) is 0 Å². The summed E-state index contributed by atoms with van der Waals surface area (Å²) in [6, 6.07) is 0. The highest BCUT2D eigenvalue weighted by molar-refractivity contribution is 5.26. The van der Waals surface area contributed by atoms with Crippen LogP contribution in [0.2, 0.25) is 0 Å². The minimum atomic E-state index is -0.667. The van der Waals surface area contributed by atoms with Crippen molar-refractivity contribution in [1.29, 1.82) is 10.8 Å². The standard InChI is InChI=1S/C3H7F.2CHNO/c1-3(2)4;2*2-1-3/h3H,1-2H3;2*2H. The summed E-state index contributed by atoms with van der Waals surface area (Å²) in [4.78, 5) is 16.7. The number of carbonyl (C=O) groups excluding carboxylic acids is 2. The molecule has 0 saturated heterocycles. The number of rotatable bonds is 0. The van der Waals surface area contributed by atoms with Crippen molar-refractivity contribution in [3.63, 3.8) is 0 Å². The Balaban J connectivity index is -0.0000000750. The molecule has 0 aromatic rings. The molecule has 58 valence electrons. The van der Waals surface area contributed by atoms with Crippen molar-refractivity contribution in [2.75, 3.05) is 0 Å². The number of alkyl halides is 1. The van der Waals surface area contributed by atoms with Gasteiger partial charge in [-0.15, -0.1) is 0 Å². The van der Waals surface area contributed by atoms with Gasteiger partial charge in [0, 0.05) is 0 Å². The van der Waals surface area contributed by atoms with Gasteiger partial charge < -0.3 is 0 Å². The maximum atomic E-state index is 11.0. The highest BCUT2D eigenvalue weighted by Gasteiger charge is 1.73. The molecule has 0 saturated carbocycles. The maximum absolute atomic E-state index is 11.0. The fourth-order valence-electron chi connectivity index (χ4n) is 0. The Labute approximate surface area is 58.1 Å². The van der Waals surface area contributed by atoms with Crippen LogP contribution < -0.4 is 0 Å². The van der Waals surface area contributed by atoms with Crippen LogP contribution in [0.4, 0.5) is 4.39 Å². The van der Waals surface area contributed by atoms with Crippen molar-refractivity contribution >= 4 is 12.2 Å². The van der Waals surface area contributed by atoms with Crippen molar-refractivity contribution in [3.8, 4) is 0 Å². The van der Waals surface area contributed by atoms with Crippen LogP contribution in [0.15, 0.2) is 0 Å². The average molecular weight is 148 g/mol. The molecule has 0 spiro atoms. The first kappa shape index (κ1) is 15.9. The van der Waals surface area contributed by atoms with E-state index in [0.29, 0.717) is 0 Å². The van der Waals surface area contributed by atoms with E-state index in [-0.39, 0.29) is 0 Å². The van der Waals surface area contributed by atoms with E-state index in [1.807, 2.05) is 0 Å². The third-order valence-corrected chi connectivity index (χ3v) is 0. The summed E-state index contributed by atoms with van der Waals surface area (Å²) >= 11 is 0. The van der Waals surface area contributed by atoms with E-state index >= 15 is 0 Å². The van der Waals surface area contributed by atoms with Gasteiger partial charge in [0.25, 0.3) is 0 Å². The second-order valence-electron chi connectivity index (χ2n) is 1.22. The molecule has 2 N–H and O–H groups in total. The molecule has 0 radical (unpaired) electrons. The Morgan fingerprint density at radius 2 is 1.20 bits per heavy atom. The smallest absolute Gasteiger partial charge is 0.231 e. The zero-order valence-electron chi connectivity index (χ0n) is 5.77. The molecule has 0 rings (SSSR count). The average Bonchev–Trinajstić information content (AvgIpc) is 1.65. The van der Waals surface area contributed by atoms with E-state index in [2.05, 4.69) is 0 Å². The van der Waals surface area contributed by atoms with E-state index in [1.54, 1.807) is 0 Å². The maximum Gasteiger partial charge on any atom is 0.231 e. The van der Waals surface area contributed by atoms with Gasteiger partial charge >= 0.3 is 0 Å². The number of halogens is 1. The fourth-order valence-corrected chi connectivity index (χ4v) is 0. The van der Waals surface area contributed by atoms with Crippen molar-refractivity contribution < 1.29 is 14.0 Å². The van der Waals surface area contributed by atoms with E-state index < -0.39 is 6.17 Å². The van der Waals surface area contributed by atoms with Gasteiger partial charge in [-0.3, -0.25) is 0 Å². The van der Waals surface area contributed by atoms with Gasteiger partial charge in [-0.1, -0.05) is 0 Å². The van der Waals surface area contributed by atoms with Gasteiger partial charge in [0.05, 0.1) is 6.17 Å². The number of nitrogens with one attached hydrogen (secondary N) is 2. The second-order valence-corrected chi connectivity index (χ2v) is 1.22. The third-order valence-electron chi connectivity index (χ3n) is 0. The summed E-state index contributed by atoms with van der Waals surface area (Å²) < 4.78 is 11.0. The predicted octanol–water partition coefficient (Wildman–Crippen LogP) is 1.17. The van der Waals surface area contributed by atoms with E-state index in [9.17, 15) is 4.39 Å². The molecule has 0 unspecified atom stereocenters. The summed E-state index contributed by atoms with van der Waals surface area (Å²) in [6.45, 7) is 3.00. The highest BCUT2D eigenvalue weighted by Crippen LogP contribution is 1.77. The predicted molar refractivity (Wildman–Crippen MR) is 33.1 cm³/mol. The molecule has 0 atom stereocenters. The van der Waals surface area contributed by atoms with Crippen LogP contribution in [-0.4, -0.2) is 18.3 Å². The van der Waals surface area contributed by atoms with Crippen LogP contribution in [0, 0.1) is 10.8 Å². The van der Waals surface area contributed by atoms with Crippen LogP contribution in [0.25, 0.3) is 0 Å². The Hall–Kier alpha value is -1.31. The topological polar surface area (TPSA) is 81.8 Å². The molecule has 10 heavy (non-hydrogen) atoms. The van der Waals surface area contributed by atoms with Crippen LogP contribution in [0.3, 0.4) is 0 Å². The molecule has 0 aromatic heterocycles. The first-order valence-electron chi connectivity index (χ1n) is 2.28. The molecule has 0 bridgehead atoms. The van der Waals surface area contributed by atoms with E-state index in [1.165, 1.54) is 13.8 Å². The van der Waals surface area contributed by atoms with E-state index in [4.69, 9.17) is 20.4 Å². The lowest BCUT2D eigenvalue weighted by atomic mass is 10.5. The van der Waals surface area contributed by atoms with Gasteiger partial charge in [0.1, 0.15) is 0 Å². The van der Waals surface area contributed by atoms with Gasteiger partial charge in [-0.2, -0.15) is 0 Å². The summed E-state index contributed by atoms with van der Waals surface area (Å²) in [6.07, 6.45) is 0.833. The quantitative estimate of drug-likeness (QED) is 0.399. The second kappa shape index (κ2) is 25.3. The summed E-state index contributed by atoms with van der Waals surface area (Å²) in [7, 11) is 0. The molecular weight excluding hydrogens is 139 g/mol.